The van der Waals surface area contributed by atoms with E-state index in [4.69, 9.17) is 5.73 Å². The molecule has 94 valence electrons. The number of halogens is 1. The molecule has 3 N–H and O–H groups in total. The molecule has 0 fully saturated rings. The molecule has 0 aliphatic heterocycles. The minimum atomic E-state index is -0.461. The van der Waals surface area contributed by atoms with E-state index in [1.807, 2.05) is 6.92 Å². The van der Waals surface area contributed by atoms with Gasteiger partial charge in [-0.3, -0.25) is 4.79 Å². The van der Waals surface area contributed by atoms with Crippen molar-refractivity contribution in [2.75, 3.05) is 11.1 Å². The van der Waals surface area contributed by atoms with Crippen molar-refractivity contribution in [3.8, 4) is 0 Å². The summed E-state index contributed by atoms with van der Waals surface area (Å²) in [7, 11) is 0. The lowest BCUT2D eigenvalue weighted by molar-refractivity contribution is 0.102. The zero-order chi connectivity index (χ0) is 13.1. The Morgan fingerprint density at radius 3 is 3.06 bits per heavy atom. The number of amides is 1. The van der Waals surface area contributed by atoms with Gasteiger partial charge < -0.3 is 11.1 Å². The predicted octanol–water partition coefficient (Wildman–Crippen LogP) is 2.07. The van der Waals surface area contributed by atoms with Crippen molar-refractivity contribution in [2.45, 2.75) is 13.3 Å². The number of nitrogens with one attached hydrogen (secondary N) is 1. The first-order valence-corrected chi connectivity index (χ1v) is 6.06. The molecule has 5 nitrogen and oxygen atoms in total. The first-order valence-electron chi connectivity index (χ1n) is 5.29. The second-order valence-corrected chi connectivity index (χ2v) is 4.34. The molecule has 1 heterocycles. The van der Waals surface area contributed by atoms with Crippen molar-refractivity contribution >= 4 is 28.8 Å². The summed E-state index contributed by atoms with van der Waals surface area (Å²) >= 11 is 1.00. The zero-order valence-corrected chi connectivity index (χ0v) is 10.4. The lowest BCUT2D eigenvalue weighted by atomic mass is 10.2. The third kappa shape index (κ3) is 2.45. The molecular formula is C11H11FN4OS. The molecule has 0 bridgehead atoms. The van der Waals surface area contributed by atoms with Crippen LogP contribution in [0.25, 0.3) is 0 Å². The molecule has 1 amide bonds. The number of hydrogen-bond acceptors (Lipinski definition) is 5. The number of nitrogens with two attached hydrogens (primary N) is 1. The molecule has 1 aromatic heterocycles. The van der Waals surface area contributed by atoms with Gasteiger partial charge in [0.2, 0.25) is 0 Å². The second kappa shape index (κ2) is 5.09. The minimum absolute atomic E-state index is 0.246. The molecular weight excluding hydrogens is 255 g/mol. The number of nitrogens with zero attached hydrogens (tertiary/aromatic N) is 2. The Labute approximate surface area is 107 Å². The number of carbonyl (C=O) groups is 1. The van der Waals surface area contributed by atoms with Gasteiger partial charge in [0.15, 0.2) is 0 Å². The minimum Gasteiger partial charge on any atom is -0.397 e. The van der Waals surface area contributed by atoms with Gasteiger partial charge in [-0.15, -0.1) is 5.10 Å². The fraction of sp³-hybridized carbons (Fsp3) is 0.182. The van der Waals surface area contributed by atoms with Crippen LogP contribution >= 0.6 is 11.5 Å². The van der Waals surface area contributed by atoms with Crippen molar-refractivity contribution in [1.29, 1.82) is 0 Å². The van der Waals surface area contributed by atoms with Crippen LogP contribution in [0.15, 0.2) is 18.2 Å². The number of hydrogen-bond donors (Lipinski definition) is 2. The summed E-state index contributed by atoms with van der Waals surface area (Å²) in [6.07, 6.45) is 0.609. The van der Waals surface area contributed by atoms with Gasteiger partial charge >= 0.3 is 0 Å². The third-order valence-electron chi connectivity index (χ3n) is 2.36. The molecule has 0 radical (unpaired) electrons. The Morgan fingerprint density at radius 2 is 2.33 bits per heavy atom. The van der Waals surface area contributed by atoms with Crippen LogP contribution in [0.4, 0.5) is 15.8 Å². The van der Waals surface area contributed by atoms with Crippen molar-refractivity contribution in [2.24, 2.45) is 0 Å². The number of anilines is 2. The summed E-state index contributed by atoms with van der Waals surface area (Å²) < 4.78 is 16.8. The largest absolute Gasteiger partial charge is 0.397 e. The normalized spacial score (nSPS) is 10.3. The number of rotatable bonds is 3. The third-order valence-corrected chi connectivity index (χ3v) is 3.13. The quantitative estimate of drug-likeness (QED) is 0.833. The molecule has 0 saturated heterocycles. The maximum atomic E-state index is 13.1. The Balaban J connectivity index is 2.24. The molecule has 0 unspecified atom stereocenters. The van der Waals surface area contributed by atoms with E-state index < -0.39 is 5.82 Å². The van der Waals surface area contributed by atoms with Crippen LogP contribution in [0.3, 0.4) is 0 Å². The van der Waals surface area contributed by atoms with Crippen LogP contribution in [-0.2, 0) is 6.42 Å². The summed E-state index contributed by atoms with van der Waals surface area (Å²) in [5.74, 6) is -0.836. The zero-order valence-electron chi connectivity index (χ0n) is 9.61. The van der Waals surface area contributed by atoms with Crippen LogP contribution in [0.2, 0.25) is 0 Å². The van der Waals surface area contributed by atoms with Crippen molar-refractivity contribution < 1.29 is 9.18 Å². The average Bonchev–Trinajstić information content (AvgIpc) is 2.82. The van der Waals surface area contributed by atoms with Gasteiger partial charge in [-0.25, -0.2) is 4.39 Å². The highest BCUT2D eigenvalue weighted by atomic mass is 32.1. The van der Waals surface area contributed by atoms with E-state index >= 15 is 0 Å². The molecule has 0 saturated carbocycles. The Kier molecular flexibility index (Phi) is 3.52. The number of aromatic nitrogens is 2. The van der Waals surface area contributed by atoms with Crippen LogP contribution in [0.1, 0.15) is 22.3 Å². The highest BCUT2D eigenvalue weighted by molar-refractivity contribution is 7.08. The molecule has 0 spiro atoms. The van der Waals surface area contributed by atoms with Crippen LogP contribution in [0.5, 0.6) is 0 Å². The predicted molar refractivity (Wildman–Crippen MR) is 68.1 cm³/mol. The van der Waals surface area contributed by atoms with E-state index in [0.29, 0.717) is 22.7 Å². The highest BCUT2D eigenvalue weighted by Gasteiger charge is 2.16. The monoisotopic (exact) mass is 266 g/mol. The van der Waals surface area contributed by atoms with Gasteiger partial charge in [-0.1, -0.05) is 11.4 Å². The van der Waals surface area contributed by atoms with Crippen LogP contribution in [0, 0.1) is 5.82 Å². The van der Waals surface area contributed by atoms with Gasteiger partial charge in [0.1, 0.15) is 10.7 Å². The Hall–Kier alpha value is -2.02. The maximum Gasteiger partial charge on any atom is 0.269 e. The van der Waals surface area contributed by atoms with Gasteiger partial charge in [0, 0.05) is 0 Å². The van der Waals surface area contributed by atoms with Crippen molar-refractivity contribution in [3.63, 3.8) is 0 Å². The van der Waals surface area contributed by atoms with E-state index in [1.54, 1.807) is 0 Å². The van der Waals surface area contributed by atoms with Crippen molar-refractivity contribution in [1.82, 2.24) is 9.59 Å². The molecule has 0 aliphatic carbocycles. The van der Waals surface area contributed by atoms with E-state index in [0.717, 1.165) is 11.5 Å². The van der Waals surface area contributed by atoms with Gasteiger partial charge in [-0.05, 0) is 36.2 Å². The molecule has 0 atom stereocenters. The summed E-state index contributed by atoms with van der Waals surface area (Å²) in [5, 5.41) is 6.39. The second-order valence-electron chi connectivity index (χ2n) is 3.59. The fourth-order valence-corrected chi connectivity index (χ4v) is 2.07. The molecule has 1 aromatic carbocycles. The van der Waals surface area contributed by atoms with E-state index in [9.17, 15) is 9.18 Å². The first kappa shape index (κ1) is 12.4. The van der Waals surface area contributed by atoms with Crippen LogP contribution in [-0.4, -0.2) is 15.5 Å². The Bertz CT molecular complexity index is 584. The number of carbonyl (C=O) groups excluding carboxylic acids is 1. The van der Waals surface area contributed by atoms with Gasteiger partial charge in [0.05, 0.1) is 17.1 Å². The van der Waals surface area contributed by atoms with E-state index in [1.165, 1.54) is 18.2 Å². The number of benzene rings is 1. The van der Waals surface area contributed by atoms with Crippen molar-refractivity contribution in [3.05, 3.63) is 34.6 Å². The lowest BCUT2D eigenvalue weighted by Crippen LogP contribution is -2.13. The highest BCUT2D eigenvalue weighted by Crippen LogP contribution is 2.21. The van der Waals surface area contributed by atoms with E-state index in [2.05, 4.69) is 14.9 Å². The molecule has 7 heteroatoms. The lowest BCUT2D eigenvalue weighted by Gasteiger charge is -2.07. The molecule has 2 rings (SSSR count). The molecule has 2 aromatic rings. The van der Waals surface area contributed by atoms with Gasteiger partial charge in [0.25, 0.3) is 5.91 Å². The van der Waals surface area contributed by atoms with E-state index in [-0.39, 0.29) is 11.6 Å². The molecule has 18 heavy (non-hydrogen) atoms. The summed E-state index contributed by atoms with van der Waals surface area (Å²) in [5.41, 5.74) is 6.82. The summed E-state index contributed by atoms with van der Waals surface area (Å²) in [6, 6.07) is 3.81. The smallest absolute Gasteiger partial charge is 0.269 e. The number of nitrogen functional groups attached to an aromatic ring is 1. The van der Waals surface area contributed by atoms with Crippen LogP contribution < -0.4 is 11.1 Å². The van der Waals surface area contributed by atoms with Gasteiger partial charge in [-0.2, -0.15) is 0 Å². The average molecular weight is 266 g/mol. The number of aryl methyl sites for hydroxylation is 1. The molecule has 0 aliphatic rings. The SMILES string of the molecule is CCc1nnsc1C(=O)Nc1cc(F)ccc1N. The Morgan fingerprint density at radius 1 is 1.56 bits per heavy atom. The maximum absolute atomic E-state index is 13.1. The topological polar surface area (TPSA) is 80.9 Å². The fourth-order valence-electron chi connectivity index (χ4n) is 1.43. The summed E-state index contributed by atoms with van der Waals surface area (Å²) in [4.78, 5) is 12.4. The summed E-state index contributed by atoms with van der Waals surface area (Å²) in [6.45, 7) is 1.88. The first-order chi connectivity index (χ1) is 8.61. The standard InChI is InChI=1S/C11H11FN4OS/c1-2-8-10(18-16-15-8)11(17)14-9-5-6(12)3-4-7(9)13/h3-5H,2,13H2,1H3,(H,14,17).